The Morgan fingerprint density at radius 3 is 2.64 bits per heavy atom. The molecule has 1 unspecified atom stereocenters. The van der Waals surface area contributed by atoms with Gasteiger partial charge in [0.15, 0.2) is 0 Å². The Morgan fingerprint density at radius 1 is 1.36 bits per heavy atom. The average molecular weight is 364 g/mol. The van der Waals surface area contributed by atoms with Crippen molar-refractivity contribution in [3.8, 4) is 0 Å². The number of carbonyl (C=O) groups excluding carboxylic acids is 1. The molecule has 1 aromatic carbocycles. The molecular weight excluding hydrogens is 341 g/mol. The van der Waals surface area contributed by atoms with Gasteiger partial charge in [-0.1, -0.05) is 45.4 Å². The van der Waals surface area contributed by atoms with Crippen LogP contribution in [-0.4, -0.2) is 15.9 Å². The molecule has 2 N–H and O–H groups in total. The van der Waals surface area contributed by atoms with Gasteiger partial charge in [0.25, 0.3) is 0 Å². The maximum Gasteiger partial charge on any atom is 0.229 e. The molecule has 4 nitrogen and oxygen atoms in total. The summed E-state index contributed by atoms with van der Waals surface area (Å²) in [5.74, 6) is 0.286. The fraction of sp³-hybridized carbons (Fsp3) is 0.474. The molecule has 3 rings (SSSR count). The minimum atomic E-state index is -0.407. The molecule has 2 aromatic rings. The lowest BCUT2D eigenvalue weighted by Gasteiger charge is -2.03. The molecule has 0 aliphatic heterocycles. The standard InChI is InChI=1S/C19H23ClFN3O/c1-9(2)17(25)24-18-22-10(3)16(23-18)15-14(19(15,4)5)11-6-7-13(21)12(20)8-11/h6-9,14-15H,1-5H3,(H2,22,23,24,25)/t14?,15-/m0/s1. The van der Waals surface area contributed by atoms with Gasteiger partial charge in [0.05, 0.1) is 10.7 Å². The maximum atomic E-state index is 13.5. The van der Waals surface area contributed by atoms with E-state index < -0.39 is 5.82 Å². The molecule has 0 radical (unpaired) electrons. The van der Waals surface area contributed by atoms with Crippen molar-refractivity contribution in [1.29, 1.82) is 0 Å². The van der Waals surface area contributed by atoms with Crippen LogP contribution in [0.25, 0.3) is 0 Å². The summed E-state index contributed by atoms with van der Waals surface area (Å²) in [6.45, 7) is 9.96. The number of rotatable bonds is 4. The number of H-pyrrole nitrogens is 1. The van der Waals surface area contributed by atoms with E-state index in [4.69, 9.17) is 11.6 Å². The molecule has 6 heteroatoms. The third kappa shape index (κ3) is 3.17. The van der Waals surface area contributed by atoms with Crippen molar-refractivity contribution in [2.24, 2.45) is 11.3 Å². The van der Waals surface area contributed by atoms with Crippen LogP contribution in [0, 0.1) is 24.1 Å². The first-order valence-corrected chi connectivity index (χ1v) is 8.83. The first-order valence-electron chi connectivity index (χ1n) is 8.45. The summed E-state index contributed by atoms with van der Waals surface area (Å²) in [6, 6.07) is 4.90. The van der Waals surface area contributed by atoms with Gasteiger partial charge in [-0.25, -0.2) is 9.37 Å². The Kier molecular flexibility index (Phi) is 4.40. The summed E-state index contributed by atoms with van der Waals surface area (Å²) < 4.78 is 13.5. The number of carbonyl (C=O) groups is 1. The van der Waals surface area contributed by atoms with Crippen LogP contribution in [0.3, 0.4) is 0 Å². The summed E-state index contributed by atoms with van der Waals surface area (Å²) >= 11 is 5.95. The lowest BCUT2D eigenvalue weighted by molar-refractivity contribution is -0.118. The predicted octanol–water partition coefficient (Wildman–Crippen LogP) is 5.01. The highest BCUT2D eigenvalue weighted by molar-refractivity contribution is 6.30. The Balaban J connectivity index is 1.88. The summed E-state index contributed by atoms with van der Waals surface area (Å²) in [5, 5.41) is 2.95. The highest BCUT2D eigenvalue weighted by Crippen LogP contribution is 2.70. The average Bonchev–Trinajstić information content (AvgIpc) is 2.89. The summed E-state index contributed by atoms with van der Waals surface area (Å²) in [5.41, 5.74) is 2.87. The molecule has 1 amide bonds. The van der Waals surface area contributed by atoms with Crippen LogP contribution < -0.4 is 5.32 Å². The minimum absolute atomic E-state index is 0.0135. The molecule has 1 aliphatic carbocycles. The second-order valence-corrected chi connectivity index (χ2v) is 8.10. The number of anilines is 1. The Morgan fingerprint density at radius 2 is 2.04 bits per heavy atom. The van der Waals surface area contributed by atoms with Crippen LogP contribution in [-0.2, 0) is 4.79 Å². The van der Waals surface area contributed by atoms with Gasteiger partial charge in [0.2, 0.25) is 11.9 Å². The molecule has 0 spiro atoms. The first kappa shape index (κ1) is 17.9. The van der Waals surface area contributed by atoms with Crippen molar-refractivity contribution in [3.63, 3.8) is 0 Å². The third-order valence-corrected chi connectivity index (χ3v) is 5.40. The van der Waals surface area contributed by atoms with E-state index in [1.165, 1.54) is 6.07 Å². The number of aryl methyl sites for hydroxylation is 1. The van der Waals surface area contributed by atoms with E-state index in [0.29, 0.717) is 5.95 Å². The zero-order valence-corrected chi connectivity index (χ0v) is 15.8. The van der Waals surface area contributed by atoms with Gasteiger partial charge in [-0.3, -0.25) is 10.1 Å². The van der Waals surface area contributed by atoms with Crippen molar-refractivity contribution in [2.75, 3.05) is 5.32 Å². The van der Waals surface area contributed by atoms with Gasteiger partial charge < -0.3 is 4.98 Å². The van der Waals surface area contributed by atoms with Crippen LogP contribution in [0.1, 0.15) is 56.5 Å². The number of halogens is 2. The SMILES string of the molecule is Cc1[nH]c(NC(=O)C(C)C)nc1[C@@H]1C(c2ccc(F)c(Cl)c2)C1(C)C. The van der Waals surface area contributed by atoms with Gasteiger partial charge in [-0.05, 0) is 36.0 Å². The van der Waals surface area contributed by atoms with Gasteiger partial charge in [0, 0.05) is 17.5 Å². The Hall–Kier alpha value is -1.88. The topological polar surface area (TPSA) is 57.8 Å². The number of benzene rings is 1. The van der Waals surface area contributed by atoms with Crippen molar-refractivity contribution >= 4 is 23.5 Å². The molecule has 0 saturated heterocycles. The Labute approximate surface area is 152 Å². The second-order valence-electron chi connectivity index (χ2n) is 7.69. The van der Waals surface area contributed by atoms with Crippen molar-refractivity contribution < 1.29 is 9.18 Å². The smallest absolute Gasteiger partial charge is 0.229 e. The predicted molar refractivity (Wildman–Crippen MR) is 97.5 cm³/mol. The Bertz CT molecular complexity index is 828. The van der Waals surface area contributed by atoms with Gasteiger partial charge in [-0.15, -0.1) is 0 Å². The molecule has 2 atom stereocenters. The van der Waals surface area contributed by atoms with Crippen LogP contribution in [0.4, 0.5) is 10.3 Å². The van der Waals surface area contributed by atoms with E-state index in [-0.39, 0.29) is 34.1 Å². The summed E-state index contributed by atoms with van der Waals surface area (Å²) in [6.07, 6.45) is 0. The van der Waals surface area contributed by atoms with E-state index in [1.54, 1.807) is 12.1 Å². The van der Waals surface area contributed by atoms with E-state index in [1.807, 2.05) is 20.8 Å². The quantitative estimate of drug-likeness (QED) is 0.801. The molecule has 134 valence electrons. The molecule has 1 saturated carbocycles. The van der Waals surface area contributed by atoms with Crippen molar-refractivity contribution in [2.45, 2.75) is 46.5 Å². The zero-order chi connectivity index (χ0) is 18.5. The lowest BCUT2D eigenvalue weighted by Crippen LogP contribution is -2.18. The van der Waals surface area contributed by atoms with Crippen LogP contribution >= 0.6 is 11.6 Å². The normalized spacial score (nSPS) is 21.4. The lowest BCUT2D eigenvalue weighted by atomic mass is 10.0. The summed E-state index contributed by atoms with van der Waals surface area (Å²) in [4.78, 5) is 19.6. The minimum Gasteiger partial charge on any atom is -0.328 e. The monoisotopic (exact) mass is 363 g/mol. The molecule has 1 heterocycles. The molecular formula is C19H23ClFN3O. The van der Waals surface area contributed by atoms with E-state index in [2.05, 4.69) is 29.1 Å². The van der Waals surface area contributed by atoms with Gasteiger partial charge >= 0.3 is 0 Å². The van der Waals surface area contributed by atoms with Crippen molar-refractivity contribution in [3.05, 3.63) is 46.0 Å². The van der Waals surface area contributed by atoms with E-state index >= 15 is 0 Å². The number of aromatic amines is 1. The molecule has 1 fully saturated rings. The third-order valence-electron chi connectivity index (χ3n) is 5.11. The maximum absolute atomic E-state index is 13.5. The number of nitrogens with zero attached hydrogens (tertiary/aromatic N) is 1. The first-order chi connectivity index (χ1) is 11.6. The summed E-state index contributed by atoms with van der Waals surface area (Å²) in [7, 11) is 0. The number of nitrogens with one attached hydrogen (secondary N) is 2. The molecule has 1 aliphatic rings. The fourth-order valence-corrected chi connectivity index (χ4v) is 3.76. The van der Waals surface area contributed by atoms with E-state index in [9.17, 15) is 9.18 Å². The number of amides is 1. The highest BCUT2D eigenvalue weighted by Gasteiger charge is 2.60. The second kappa shape index (κ2) is 6.13. The van der Waals surface area contributed by atoms with Crippen LogP contribution in [0.15, 0.2) is 18.2 Å². The van der Waals surface area contributed by atoms with Crippen LogP contribution in [0.5, 0.6) is 0 Å². The fourth-order valence-electron chi connectivity index (χ4n) is 3.57. The molecule has 1 aromatic heterocycles. The van der Waals surface area contributed by atoms with Gasteiger partial charge in [-0.2, -0.15) is 0 Å². The molecule has 25 heavy (non-hydrogen) atoms. The van der Waals surface area contributed by atoms with Gasteiger partial charge in [0.1, 0.15) is 5.82 Å². The largest absolute Gasteiger partial charge is 0.328 e. The number of hydrogen-bond acceptors (Lipinski definition) is 2. The highest BCUT2D eigenvalue weighted by atomic mass is 35.5. The molecule has 0 bridgehead atoms. The number of hydrogen-bond donors (Lipinski definition) is 2. The van der Waals surface area contributed by atoms with E-state index in [0.717, 1.165) is 17.0 Å². The zero-order valence-electron chi connectivity index (χ0n) is 15.1. The van der Waals surface area contributed by atoms with Crippen LogP contribution in [0.2, 0.25) is 5.02 Å². The number of imidazole rings is 1. The number of aromatic nitrogens is 2. The van der Waals surface area contributed by atoms with Crippen molar-refractivity contribution in [1.82, 2.24) is 9.97 Å².